The Hall–Kier alpha value is -4.87. The predicted molar refractivity (Wildman–Crippen MR) is 258 cm³/mol. The lowest BCUT2D eigenvalue weighted by molar-refractivity contribution is 0.449. The Bertz CT molecular complexity index is 2790. The monoisotopic (exact) mass is 806 g/mol. The second-order valence-corrected chi connectivity index (χ2v) is 23.5. The highest BCUT2D eigenvalue weighted by Crippen LogP contribution is 2.62. The number of ether oxygens (including phenoxy) is 1. The van der Waals surface area contributed by atoms with Gasteiger partial charge in [-0.25, -0.2) is 0 Å². The van der Waals surface area contributed by atoms with Crippen molar-refractivity contribution >= 4 is 58.0 Å². The average Bonchev–Trinajstić information content (AvgIpc) is 3.16. The zero-order valence-electron chi connectivity index (χ0n) is 38.1. The van der Waals surface area contributed by atoms with Gasteiger partial charge in [0.05, 0.1) is 11.4 Å². The minimum Gasteiger partial charge on any atom is -0.453 e. The molecular weight excluding hydrogens is 747 g/mol. The van der Waals surface area contributed by atoms with Gasteiger partial charge in [0.1, 0.15) is 0 Å². The molecule has 304 valence electrons. The number of rotatable bonds is 1. The third kappa shape index (κ3) is 5.78. The van der Waals surface area contributed by atoms with E-state index in [1.807, 2.05) is 11.8 Å². The van der Waals surface area contributed by atoms with Gasteiger partial charge in [-0.15, -0.1) is 0 Å². The first kappa shape index (κ1) is 39.3. The SMILES string of the molecule is CC(C)(C)c1ccc(N2c3cc(C(C)(C)C)ccc3B3c4c(cc(C(C)(C)C)cc42)-c2cc(C(C)(C)C)cc4c2N3c2ccc3c(c2O4)C(C)(C)c2ccccc2S3)cc1. The Kier molecular flexibility index (Phi) is 8.25. The summed E-state index contributed by atoms with van der Waals surface area (Å²) in [6, 6.07) is 40.2. The maximum atomic E-state index is 7.48. The Morgan fingerprint density at radius 2 is 1.15 bits per heavy atom. The van der Waals surface area contributed by atoms with Crippen molar-refractivity contribution in [2.24, 2.45) is 0 Å². The van der Waals surface area contributed by atoms with E-state index in [1.165, 1.54) is 88.0 Å². The van der Waals surface area contributed by atoms with Crippen molar-refractivity contribution in [1.29, 1.82) is 0 Å². The van der Waals surface area contributed by atoms with Gasteiger partial charge in [0.15, 0.2) is 11.5 Å². The molecule has 10 rings (SSSR count). The van der Waals surface area contributed by atoms with E-state index in [0.29, 0.717) is 0 Å². The van der Waals surface area contributed by atoms with E-state index in [0.717, 1.165) is 17.2 Å². The van der Waals surface area contributed by atoms with Crippen molar-refractivity contribution in [3.8, 4) is 22.6 Å². The topological polar surface area (TPSA) is 15.7 Å². The van der Waals surface area contributed by atoms with Crippen LogP contribution in [0.5, 0.6) is 11.5 Å². The first-order chi connectivity index (χ1) is 28.0. The molecule has 3 nitrogen and oxygen atoms in total. The molecule has 0 atom stereocenters. The molecule has 5 heteroatoms. The summed E-state index contributed by atoms with van der Waals surface area (Å²) in [5.74, 6) is 1.92. The quantitative estimate of drug-likeness (QED) is 0.154. The standard InChI is InChI=1S/C55H59BN2OS/c1-51(2,3)32-19-22-36(23-20-32)57-42-29-33(52(4,5)6)21-24-40(42)56-48-37(27-34(30-43(48)57)53(7,8)9)38-28-35(54(10,11)12)31-44-49(38)58(56)41-25-26-46-47(50(41)59-44)55(13,14)39-17-15-16-18-45(39)60-46/h15-31H,1-14H3. The minimum atomic E-state index is -0.271. The van der Waals surface area contributed by atoms with Crippen LogP contribution in [0.25, 0.3) is 11.1 Å². The fourth-order valence-electron chi connectivity index (χ4n) is 10.1. The van der Waals surface area contributed by atoms with Crippen LogP contribution in [0.2, 0.25) is 0 Å². The van der Waals surface area contributed by atoms with E-state index in [-0.39, 0.29) is 33.9 Å². The smallest absolute Gasteiger partial charge is 0.333 e. The molecule has 60 heavy (non-hydrogen) atoms. The molecule has 6 aromatic rings. The molecule has 0 N–H and O–H groups in total. The zero-order chi connectivity index (χ0) is 42.6. The van der Waals surface area contributed by atoms with Gasteiger partial charge in [0, 0.05) is 43.4 Å². The number of benzene rings is 6. The van der Waals surface area contributed by atoms with Crippen molar-refractivity contribution in [3.05, 3.63) is 137 Å². The van der Waals surface area contributed by atoms with E-state index < -0.39 is 0 Å². The lowest BCUT2D eigenvalue weighted by Crippen LogP contribution is -2.62. The number of hydrogen-bond acceptors (Lipinski definition) is 4. The molecule has 4 heterocycles. The molecule has 0 saturated heterocycles. The van der Waals surface area contributed by atoms with Crippen molar-refractivity contribution in [2.45, 2.75) is 134 Å². The third-order valence-electron chi connectivity index (χ3n) is 13.7. The van der Waals surface area contributed by atoms with E-state index in [2.05, 4.69) is 210 Å². The molecule has 0 spiro atoms. The van der Waals surface area contributed by atoms with Gasteiger partial charge in [-0.1, -0.05) is 157 Å². The van der Waals surface area contributed by atoms with Gasteiger partial charge in [0.25, 0.3) is 0 Å². The van der Waals surface area contributed by atoms with Crippen molar-refractivity contribution in [2.75, 3.05) is 9.71 Å². The fourth-order valence-corrected chi connectivity index (χ4v) is 11.5. The summed E-state index contributed by atoms with van der Waals surface area (Å²) in [6.45, 7) is 32.6. The summed E-state index contributed by atoms with van der Waals surface area (Å²) < 4.78 is 7.48. The maximum absolute atomic E-state index is 7.48. The normalized spacial score (nSPS) is 15.9. The highest BCUT2D eigenvalue weighted by Gasteiger charge is 2.50. The van der Waals surface area contributed by atoms with E-state index in [1.54, 1.807) is 0 Å². The van der Waals surface area contributed by atoms with Crippen LogP contribution in [-0.4, -0.2) is 6.85 Å². The van der Waals surface area contributed by atoms with Crippen LogP contribution in [-0.2, 0) is 27.1 Å². The number of fused-ring (bicyclic) bond motifs is 9. The van der Waals surface area contributed by atoms with Crippen molar-refractivity contribution in [3.63, 3.8) is 0 Å². The second kappa shape index (κ2) is 12.6. The van der Waals surface area contributed by atoms with Gasteiger partial charge in [0.2, 0.25) is 0 Å². The molecule has 0 saturated carbocycles. The van der Waals surface area contributed by atoms with Gasteiger partial charge in [-0.3, -0.25) is 0 Å². The average molecular weight is 807 g/mol. The summed E-state index contributed by atoms with van der Waals surface area (Å²) in [5, 5.41) is 0. The first-order valence-corrected chi connectivity index (χ1v) is 22.7. The van der Waals surface area contributed by atoms with Gasteiger partial charge in [-0.2, -0.15) is 0 Å². The molecule has 6 aromatic carbocycles. The second-order valence-electron chi connectivity index (χ2n) is 22.4. The Morgan fingerprint density at radius 1 is 0.550 bits per heavy atom. The summed E-state index contributed by atoms with van der Waals surface area (Å²) in [4.78, 5) is 7.85. The molecule has 4 aliphatic heterocycles. The summed E-state index contributed by atoms with van der Waals surface area (Å²) >= 11 is 1.87. The first-order valence-electron chi connectivity index (χ1n) is 21.9. The van der Waals surface area contributed by atoms with Crippen LogP contribution in [0.4, 0.5) is 28.4 Å². The van der Waals surface area contributed by atoms with Crippen LogP contribution in [0.1, 0.15) is 130 Å². The Labute approximate surface area is 363 Å². The van der Waals surface area contributed by atoms with Crippen LogP contribution in [0.15, 0.2) is 113 Å². The molecule has 0 amide bonds. The summed E-state index contributed by atoms with van der Waals surface area (Å²) in [7, 11) is 0. The molecule has 0 aliphatic carbocycles. The highest BCUT2D eigenvalue weighted by atomic mass is 32.2. The Balaban J connectivity index is 1.33. The fraction of sp³-hybridized carbons (Fsp3) is 0.345. The largest absolute Gasteiger partial charge is 0.453 e. The van der Waals surface area contributed by atoms with Gasteiger partial charge >= 0.3 is 6.85 Å². The third-order valence-corrected chi connectivity index (χ3v) is 14.8. The minimum absolute atomic E-state index is 0.0324. The Morgan fingerprint density at radius 3 is 1.82 bits per heavy atom. The lowest BCUT2D eigenvalue weighted by atomic mass is 9.43. The molecule has 0 aromatic heterocycles. The van der Waals surface area contributed by atoms with Crippen molar-refractivity contribution < 1.29 is 4.74 Å². The lowest BCUT2D eigenvalue weighted by Gasteiger charge is -2.49. The molecular formula is C55H59BN2OS. The van der Waals surface area contributed by atoms with Crippen LogP contribution < -0.4 is 25.4 Å². The van der Waals surface area contributed by atoms with Crippen LogP contribution in [0.3, 0.4) is 0 Å². The molecule has 0 bridgehead atoms. The molecule has 4 aliphatic rings. The summed E-state index contributed by atoms with van der Waals surface area (Å²) in [5.41, 5.74) is 18.7. The number of anilines is 5. The van der Waals surface area contributed by atoms with Gasteiger partial charge < -0.3 is 14.4 Å². The van der Waals surface area contributed by atoms with Crippen molar-refractivity contribution in [1.82, 2.24) is 0 Å². The van der Waals surface area contributed by atoms with E-state index in [9.17, 15) is 0 Å². The predicted octanol–water partition coefficient (Wildman–Crippen LogP) is 14.5. The van der Waals surface area contributed by atoms with Gasteiger partial charge in [-0.05, 0) is 121 Å². The van der Waals surface area contributed by atoms with E-state index >= 15 is 0 Å². The van der Waals surface area contributed by atoms with E-state index in [4.69, 9.17) is 4.74 Å². The molecule has 0 fully saturated rings. The summed E-state index contributed by atoms with van der Waals surface area (Å²) in [6.07, 6.45) is 0. The number of nitrogens with zero attached hydrogens (tertiary/aromatic N) is 2. The van der Waals surface area contributed by atoms with Crippen LogP contribution >= 0.6 is 11.8 Å². The highest BCUT2D eigenvalue weighted by molar-refractivity contribution is 7.99. The number of hydrogen-bond donors (Lipinski definition) is 0. The maximum Gasteiger partial charge on any atom is 0.333 e. The molecule has 0 unspecified atom stereocenters. The molecule has 0 radical (unpaired) electrons. The zero-order valence-corrected chi connectivity index (χ0v) is 38.9. The van der Waals surface area contributed by atoms with Crippen LogP contribution in [0, 0.1) is 0 Å².